The van der Waals surface area contributed by atoms with E-state index in [1.165, 1.54) is 11.1 Å². The average molecular weight is 421 g/mol. The number of nitrogens with zero attached hydrogens (tertiary/aromatic N) is 4. The number of hydrogen-bond donors (Lipinski definition) is 0. The normalized spacial score (nSPS) is 11.7. The molecule has 0 amide bonds. The summed E-state index contributed by atoms with van der Waals surface area (Å²) in [5.41, 5.74) is 5.99. The molecule has 4 aromatic rings. The van der Waals surface area contributed by atoms with E-state index >= 15 is 0 Å². The minimum atomic E-state index is 0.820. The van der Waals surface area contributed by atoms with E-state index in [4.69, 9.17) is 0 Å². The lowest BCUT2D eigenvalue weighted by molar-refractivity contribution is 0.921. The number of azo groups is 2. The van der Waals surface area contributed by atoms with Gasteiger partial charge in [0.25, 0.3) is 0 Å². The minimum Gasteiger partial charge on any atom is -0.151 e. The molecule has 4 aromatic carbocycles. The molecular weight excluding hydrogens is 392 g/mol. The first-order valence-corrected chi connectivity index (χ1v) is 11.3. The standard InChI is InChI=1S/C28H28N4/c1-3-7-21-11-15-23(16-12-21)29-31-27-19-20-28(26-10-6-5-9-25(26)27)32-30-24-17-13-22(8-4-2)14-18-24/h5-6,9-20H,3-4,7-8H2,1-2H3. The molecule has 0 saturated heterocycles. The van der Waals surface area contributed by atoms with Crippen molar-refractivity contribution in [2.24, 2.45) is 20.5 Å². The van der Waals surface area contributed by atoms with Crippen molar-refractivity contribution in [1.82, 2.24) is 0 Å². The van der Waals surface area contributed by atoms with E-state index < -0.39 is 0 Å². The maximum absolute atomic E-state index is 4.52. The number of fused-ring (bicyclic) bond motifs is 1. The molecule has 0 fully saturated rings. The summed E-state index contributed by atoms with van der Waals surface area (Å²) in [6.07, 6.45) is 4.45. The summed E-state index contributed by atoms with van der Waals surface area (Å²) in [5, 5.41) is 19.9. The van der Waals surface area contributed by atoms with Crippen LogP contribution in [0.2, 0.25) is 0 Å². The van der Waals surface area contributed by atoms with E-state index in [2.05, 4.69) is 58.6 Å². The van der Waals surface area contributed by atoms with Gasteiger partial charge in [0.1, 0.15) is 0 Å². The Morgan fingerprint density at radius 3 is 1.25 bits per heavy atom. The number of rotatable bonds is 8. The van der Waals surface area contributed by atoms with Gasteiger partial charge in [0.05, 0.1) is 22.7 Å². The maximum atomic E-state index is 4.52. The molecule has 0 radical (unpaired) electrons. The van der Waals surface area contributed by atoms with Gasteiger partial charge in [-0.1, -0.05) is 75.2 Å². The Bertz CT molecular complexity index is 1120. The Morgan fingerprint density at radius 1 is 0.469 bits per heavy atom. The van der Waals surface area contributed by atoms with Crippen LogP contribution in [-0.2, 0) is 12.8 Å². The Balaban J connectivity index is 1.58. The fourth-order valence-corrected chi connectivity index (χ4v) is 3.70. The summed E-state index contributed by atoms with van der Waals surface area (Å²) in [6.45, 7) is 4.37. The first-order valence-electron chi connectivity index (χ1n) is 11.3. The van der Waals surface area contributed by atoms with Crippen molar-refractivity contribution in [3.05, 3.63) is 96.1 Å². The van der Waals surface area contributed by atoms with Gasteiger partial charge >= 0.3 is 0 Å². The van der Waals surface area contributed by atoms with Crippen LogP contribution in [0.1, 0.15) is 37.8 Å². The molecular formula is C28H28N4. The molecule has 0 aliphatic carbocycles. The van der Waals surface area contributed by atoms with Gasteiger partial charge in [-0.15, -0.1) is 10.2 Å². The third-order valence-electron chi connectivity index (χ3n) is 5.37. The summed E-state index contributed by atoms with van der Waals surface area (Å²) in [4.78, 5) is 0. The molecule has 0 aliphatic rings. The van der Waals surface area contributed by atoms with Gasteiger partial charge in [0.2, 0.25) is 0 Å². The zero-order valence-corrected chi connectivity index (χ0v) is 18.7. The first kappa shape index (κ1) is 21.6. The third kappa shape index (κ3) is 5.33. The van der Waals surface area contributed by atoms with Crippen molar-refractivity contribution in [2.45, 2.75) is 39.5 Å². The van der Waals surface area contributed by atoms with Gasteiger partial charge < -0.3 is 0 Å². The minimum absolute atomic E-state index is 0.820. The SMILES string of the molecule is CCCc1ccc(N=Nc2ccc(N=Nc3ccc(CCC)cc3)c3ccccc23)cc1. The predicted molar refractivity (Wildman–Crippen MR) is 133 cm³/mol. The van der Waals surface area contributed by atoms with Gasteiger partial charge in [-0.25, -0.2) is 0 Å². The summed E-state index contributed by atoms with van der Waals surface area (Å²) < 4.78 is 0. The van der Waals surface area contributed by atoms with Gasteiger partial charge in [-0.2, -0.15) is 10.2 Å². The van der Waals surface area contributed by atoms with Crippen LogP contribution in [-0.4, -0.2) is 0 Å². The Hall–Kier alpha value is -3.66. The van der Waals surface area contributed by atoms with Crippen LogP contribution >= 0.6 is 0 Å². The van der Waals surface area contributed by atoms with Crippen LogP contribution in [0.3, 0.4) is 0 Å². The van der Waals surface area contributed by atoms with E-state index in [0.717, 1.165) is 59.2 Å². The fraction of sp³-hybridized carbons (Fsp3) is 0.214. The van der Waals surface area contributed by atoms with E-state index in [9.17, 15) is 0 Å². The molecule has 0 aliphatic heterocycles. The highest BCUT2D eigenvalue weighted by Gasteiger charge is 2.05. The van der Waals surface area contributed by atoms with Gasteiger partial charge in [-0.3, -0.25) is 0 Å². The molecule has 0 spiro atoms. The summed E-state index contributed by atoms with van der Waals surface area (Å²) in [7, 11) is 0. The molecule has 4 heteroatoms. The molecule has 4 nitrogen and oxygen atoms in total. The first-order chi connectivity index (χ1) is 15.8. The highest BCUT2D eigenvalue weighted by Crippen LogP contribution is 2.35. The van der Waals surface area contributed by atoms with E-state index in [0.29, 0.717) is 0 Å². The molecule has 4 rings (SSSR count). The lowest BCUT2D eigenvalue weighted by Crippen LogP contribution is -1.80. The summed E-state index contributed by atoms with van der Waals surface area (Å²) in [5.74, 6) is 0. The smallest absolute Gasteiger partial charge is 0.0936 e. The molecule has 32 heavy (non-hydrogen) atoms. The second-order valence-corrected chi connectivity index (χ2v) is 7.88. The molecule has 0 unspecified atom stereocenters. The number of aryl methyl sites for hydroxylation is 2. The van der Waals surface area contributed by atoms with Gasteiger partial charge in [0.15, 0.2) is 0 Å². The fourth-order valence-electron chi connectivity index (χ4n) is 3.70. The third-order valence-corrected chi connectivity index (χ3v) is 5.37. The van der Waals surface area contributed by atoms with Crippen molar-refractivity contribution in [3.63, 3.8) is 0 Å². The zero-order valence-electron chi connectivity index (χ0n) is 18.7. The van der Waals surface area contributed by atoms with Gasteiger partial charge in [-0.05, 0) is 60.4 Å². The maximum Gasteiger partial charge on any atom is 0.0936 e. The topological polar surface area (TPSA) is 49.4 Å². The van der Waals surface area contributed by atoms with Crippen LogP contribution in [0.4, 0.5) is 22.7 Å². The predicted octanol–water partition coefficient (Wildman–Crippen LogP) is 9.58. The van der Waals surface area contributed by atoms with E-state index in [1.807, 2.05) is 60.7 Å². The van der Waals surface area contributed by atoms with Crippen molar-refractivity contribution in [1.29, 1.82) is 0 Å². The van der Waals surface area contributed by atoms with Crippen LogP contribution in [0.5, 0.6) is 0 Å². The molecule has 0 aromatic heterocycles. The molecule has 0 atom stereocenters. The second kappa shape index (κ2) is 10.6. The molecule has 0 saturated carbocycles. The summed E-state index contributed by atoms with van der Waals surface area (Å²) in [6, 6.07) is 28.6. The van der Waals surface area contributed by atoms with Crippen molar-refractivity contribution >= 4 is 33.5 Å². The largest absolute Gasteiger partial charge is 0.151 e. The lowest BCUT2D eigenvalue weighted by Gasteiger charge is -2.04. The Labute approximate surface area is 189 Å². The quantitative estimate of drug-likeness (QED) is 0.255. The van der Waals surface area contributed by atoms with Crippen molar-refractivity contribution in [3.8, 4) is 0 Å². The van der Waals surface area contributed by atoms with Crippen molar-refractivity contribution in [2.75, 3.05) is 0 Å². The Morgan fingerprint density at radius 2 is 0.875 bits per heavy atom. The summed E-state index contributed by atoms with van der Waals surface area (Å²) >= 11 is 0. The lowest BCUT2D eigenvalue weighted by atomic mass is 10.1. The highest BCUT2D eigenvalue weighted by molar-refractivity contribution is 5.99. The Kier molecular flexibility index (Phi) is 7.13. The van der Waals surface area contributed by atoms with Crippen LogP contribution < -0.4 is 0 Å². The number of benzene rings is 4. The van der Waals surface area contributed by atoms with Crippen LogP contribution in [0.15, 0.2) is 105 Å². The van der Waals surface area contributed by atoms with Crippen LogP contribution in [0.25, 0.3) is 10.8 Å². The second-order valence-electron chi connectivity index (χ2n) is 7.88. The molecule has 0 heterocycles. The molecule has 160 valence electrons. The average Bonchev–Trinajstić information content (AvgIpc) is 2.84. The zero-order chi connectivity index (χ0) is 22.2. The number of hydrogen-bond acceptors (Lipinski definition) is 4. The van der Waals surface area contributed by atoms with Crippen molar-refractivity contribution < 1.29 is 0 Å². The van der Waals surface area contributed by atoms with Crippen LogP contribution in [0, 0.1) is 0 Å². The monoisotopic (exact) mass is 420 g/mol. The van der Waals surface area contributed by atoms with E-state index in [-0.39, 0.29) is 0 Å². The van der Waals surface area contributed by atoms with E-state index in [1.54, 1.807) is 0 Å². The molecule has 0 N–H and O–H groups in total. The highest BCUT2D eigenvalue weighted by atomic mass is 15.1. The molecule has 0 bridgehead atoms. The van der Waals surface area contributed by atoms with Gasteiger partial charge in [0, 0.05) is 10.8 Å².